The Morgan fingerprint density at radius 3 is 1.33 bits per heavy atom. The van der Waals surface area contributed by atoms with E-state index >= 15 is 0 Å². The Hall–Kier alpha value is -0.340. The summed E-state index contributed by atoms with van der Waals surface area (Å²) in [5.41, 5.74) is 0. The lowest BCUT2D eigenvalue weighted by atomic mass is 10.0. The van der Waals surface area contributed by atoms with Crippen LogP contribution < -0.4 is 0 Å². The predicted molar refractivity (Wildman–Crippen MR) is 48.6 cm³/mol. The molecule has 0 unspecified atom stereocenters. The van der Waals surface area contributed by atoms with Gasteiger partial charge in [0.2, 0.25) is 0 Å². The Morgan fingerprint density at radius 1 is 0.833 bits per heavy atom. The van der Waals surface area contributed by atoms with Gasteiger partial charge in [-0.25, -0.2) is 9.78 Å². The van der Waals surface area contributed by atoms with Crippen LogP contribution in [0.4, 0.5) is 0 Å². The Kier molecular flexibility index (Phi) is 3.29. The fourth-order valence-corrected chi connectivity index (χ4v) is 1.08. The third kappa shape index (κ3) is 2.32. The van der Waals surface area contributed by atoms with Crippen molar-refractivity contribution >= 4 is 0 Å². The van der Waals surface area contributed by atoms with Gasteiger partial charge in [0.15, 0.2) is 0 Å². The van der Waals surface area contributed by atoms with Crippen LogP contribution in [-0.2, 0) is 9.78 Å². The van der Waals surface area contributed by atoms with Crippen molar-refractivity contribution in [2.75, 3.05) is 0 Å². The summed E-state index contributed by atoms with van der Waals surface area (Å²) in [7, 11) is 0. The van der Waals surface area contributed by atoms with E-state index in [1.807, 2.05) is 0 Å². The quantitative estimate of drug-likeness (QED) is 0.468. The molecule has 0 fully saturated rings. The Bertz CT molecular complexity index is 143. The molecule has 1 heterocycles. The van der Waals surface area contributed by atoms with Gasteiger partial charge >= 0.3 is 0 Å². The van der Waals surface area contributed by atoms with Gasteiger partial charge in [-0.1, -0.05) is 39.8 Å². The standard InChI is InChI=1S/C10H18O2/c1-7(2)9-5-6-10(8(3)4)12-11-9/h5-10H,1-4H3/t9-,10+. The maximum Gasteiger partial charge on any atom is 0.113 e. The van der Waals surface area contributed by atoms with Crippen molar-refractivity contribution in [3.8, 4) is 0 Å². The summed E-state index contributed by atoms with van der Waals surface area (Å²) < 4.78 is 0. The van der Waals surface area contributed by atoms with Crippen LogP contribution in [0, 0.1) is 11.8 Å². The van der Waals surface area contributed by atoms with Gasteiger partial charge in [-0.05, 0) is 11.8 Å². The maximum absolute atomic E-state index is 5.23. The molecule has 0 amide bonds. The summed E-state index contributed by atoms with van der Waals surface area (Å²) in [5.74, 6) is 0.962. The summed E-state index contributed by atoms with van der Waals surface area (Å²) >= 11 is 0. The molecule has 70 valence electrons. The Balaban J connectivity index is 2.47. The molecule has 0 spiro atoms. The molecule has 0 bridgehead atoms. The van der Waals surface area contributed by atoms with Gasteiger partial charge in [-0.2, -0.15) is 0 Å². The molecule has 0 aromatic rings. The van der Waals surface area contributed by atoms with Gasteiger partial charge in [0.25, 0.3) is 0 Å². The molecule has 1 rings (SSSR count). The third-order valence-electron chi connectivity index (χ3n) is 2.08. The minimum absolute atomic E-state index is 0.125. The largest absolute Gasteiger partial charge is 0.228 e. The van der Waals surface area contributed by atoms with Crippen molar-refractivity contribution in [2.24, 2.45) is 11.8 Å². The van der Waals surface area contributed by atoms with Gasteiger partial charge in [0.1, 0.15) is 12.2 Å². The second kappa shape index (κ2) is 4.06. The van der Waals surface area contributed by atoms with Crippen molar-refractivity contribution in [2.45, 2.75) is 39.9 Å². The van der Waals surface area contributed by atoms with Crippen LogP contribution >= 0.6 is 0 Å². The van der Waals surface area contributed by atoms with Crippen LogP contribution in [0.15, 0.2) is 12.2 Å². The van der Waals surface area contributed by atoms with Crippen LogP contribution in [0.1, 0.15) is 27.7 Å². The second-order valence-corrected chi connectivity index (χ2v) is 3.99. The molecule has 12 heavy (non-hydrogen) atoms. The molecule has 0 saturated carbocycles. The van der Waals surface area contributed by atoms with E-state index in [0.717, 1.165) is 0 Å². The summed E-state index contributed by atoms with van der Waals surface area (Å²) in [4.78, 5) is 10.5. The zero-order valence-electron chi connectivity index (χ0n) is 8.28. The normalized spacial score (nSPS) is 30.2. The highest BCUT2D eigenvalue weighted by molar-refractivity contribution is 4.98. The molecular formula is C10H18O2. The monoisotopic (exact) mass is 170 g/mol. The van der Waals surface area contributed by atoms with Crippen LogP contribution in [0.2, 0.25) is 0 Å². The van der Waals surface area contributed by atoms with E-state index in [0.29, 0.717) is 11.8 Å². The van der Waals surface area contributed by atoms with E-state index in [1.54, 1.807) is 0 Å². The number of hydrogen-bond acceptors (Lipinski definition) is 2. The van der Waals surface area contributed by atoms with Crippen LogP contribution in [0.3, 0.4) is 0 Å². The van der Waals surface area contributed by atoms with Crippen molar-refractivity contribution in [1.82, 2.24) is 0 Å². The lowest BCUT2D eigenvalue weighted by Gasteiger charge is -2.26. The zero-order chi connectivity index (χ0) is 9.14. The van der Waals surface area contributed by atoms with E-state index < -0.39 is 0 Å². The first-order chi connectivity index (χ1) is 5.61. The summed E-state index contributed by atoms with van der Waals surface area (Å²) in [6.07, 6.45) is 4.44. The van der Waals surface area contributed by atoms with Gasteiger partial charge in [-0.15, -0.1) is 0 Å². The highest BCUT2D eigenvalue weighted by Crippen LogP contribution is 2.19. The van der Waals surface area contributed by atoms with Crippen LogP contribution in [0.5, 0.6) is 0 Å². The Labute approximate surface area is 74.5 Å². The molecule has 1 aliphatic heterocycles. The molecule has 2 atom stereocenters. The van der Waals surface area contributed by atoms with Gasteiger partial charge in [-0.3, -0.25) is 0 Å². The smallest absolute Gasteiger partial charge is 0.113 e. The molecular weight excluding hydrogens is 152 g/mol. The summed E-state index contributed by atoms with van der Waals surface area (Å²) in [5, 5.41) is 0. The lowest BCUT2D eigenvalue weighted by Crippen LogP contribution is -2.28. The number of hydrogen-bond donors (Lipinski definition) is 0. The number of rotatable bonds is 2. The molecule has 2 heteroatoms. The van der Waals surface area contributed by atoms with Gasteiger partial charge in [0.05, 0.1) is 0 Å². The maximum atomic E-state index is 5.23. The second-order valence-electron chi connectivity index (χ2n) is 3.99. The molecule has 2 nitrogen and oxygen atoms in total. The highest BCUT2D eigenvalue weighted by Gasteiger charge is 2.21. The van der Waals surface area contributed by atoms with Crippen LogP contribution in [0.25, 0.3) is 0 Å². The highest BCUT2D eigenvalue weighted by atomic mass is 17.2. The third-order valence-corrected chi connectivity index (χ3v) is 2.08. The zero-order valence-corrected chi connectivity index (χ0v) is 8.28. The lowest BCUT2D eigenvalue weighted by molar-refractivity contribution is -0.351. The van der Waals surface area contributed by atoms with Crippen LogP contribution in [-0.4, -0.2) is 12.2 Å². The van der Waals surface area contributed by atoms with Crippen molar-refractivity contribution in [3.63, 3.8) is 0 Å². The molecule has 0 aromatic carbocycles. The fraction of sp³-hybridized carbons (Fsp3) is 0.800. The van der Waals surface area contributed by atoms with Crippen molar-refractivity contribution in [3.05, 3.63) is 12.2 Å². The average Bonchev–Trinajstić information content (AvgIpc) is 2.04. The molecule has 1 aliphatic rings. The SMILES string of the molecule is CC(C)[C@@H]1C=C[C@H](C(C)C)OO1. The molecule has 0 aromatic heterocycles. The van der Waals surface area contributed by atoms with Gasteiger partial charge in [0, 0.05) is 0 Å². The topological polar surface area (TPSA) is 18.5 Å². The molecule has 0 saturated heterocycles. The summed E-state index contributed by atoms with van der Waals surface area (Å²) in [6, 6.07) is 0. The minimum Gasteiger partial charge on any atom is -0.228 e. The average molecular weight is 170 g/mol. The van der Waals surface area contributed by atoms with E-state index in [1.165, 1.54) is 0 Å². The van der Waals surface area contributed by atoms with Crippen molar-refractivity contribution < 1.29 is 9.78 Å². The first-order valence-corrected chi connectivity index (χ1v) is 4.61. The first-order valence-electron chi connectivity index (χ1n) is 4.61. The minimum atomic E-state index is 0.125. The van der Waals surface area contributed by atoms with Gasteiger partial charge < -0.3 is 0 Å². The van der Waals surface area contributed by atoms with E-state index in [9.17, 15) is 0 Å². The fourth-order valence-electron chi connectivity index (χ4n) is 1.08. The Morgan fingerprint density at radius 2 is 1.17 bits per heavy atom. The van der Waals surface area contributed by atoms with E-state index in [4.69, 9.17) is 9.78 Å². The predicted octanol–water partition coefficient (Wildman–Crippen LogP) is 2.55. The van der Waals surface area contributed by atoms with Crippen molar-refractivity contribution in [1.29, 1.82) is 0 Å². The molecule has 0 aliphatic carbocycles. The summed E-state index contributed by atoms with van der Waals surface area (Å²) in [6.45, 7) is 8.48. The molecule has 0 N–H and O–H groups in total. The van der Waals surface area contributed by atoms with E-state index in [-0.39, 0.29) is 12.2 Å². The first kappa shape index (κ1) is 9.75. The molecule has 0 radical (unpaired) electrons. The van der Waals surface area contributed by atoms with E-state index in [2.05, 4.69) is 39.8 Å².